The maximum absolute atomic E-state index is 6.40. The zero-order valence-corrected chi connectivity index (χ0v) is 28.0. The Balaban J connectivity index is 1.02. The van der Waals surface area contributed by atoms with Crippen LogP contribution in [-0.4, -0.2) is 136 Å². The van der Waals surface area contributed by atoms with Gasteiger partial charge in [0.15, 0.2) is 35.7 Å². The van der Waals surface area contributed by atoms with E-state index in [1.165, 1.54) is 0 Å². The summed E-state index contributed by atoms with van der Waals surface area (Å²) in [6, 6.07) is 0. The first-order valence-electron chi connectivity index (χ1n) is 16.4. The van der Waals surface area contributed by atoms with Crippen LogP contribution >= 0.6 is 0 Å². The molecule has 14 nitrogen and oxygen atoms in total. The molecule has 0 aromatic carbocycles. The Labute approximate surface area is 270 Å². The molecule has 7 aliphatic heterocycles. The average Bonchev–Trinajstić information content (AvgIpc) is 3.47. The molecule has 0 unspecified atom stereocenters. The molecule has 12 atom stereocenters. The number of rotatable bonds is 6. The van der Waals surface area contributed by atoms with Gasteiger partial charge in [0.25, 0.3) is 0 Å². The van der Waals surface area contributed by atoms with E-state index in [0.29, 0.717) is 26.4 Å². The number of hydrogen-bond donors (Lipinski definition) is 0. The van der Waals surface area contributed by atoms with Gasteiger partial charge in [-0.05, 0) is 55.4 Å². The van der Waals surface area contributed by atoms with Gasteiger partial charge in [0.1, 0.15) is 61.0 Å². The Morgan fingerprint density at radius 3 is 1.28 bits per heavy atom. The fourth-order valence-corrected chi connectivity index (χ4v) is 7.15. The van der Waals surface area contributed by atoms with Gasteiger partial charge in [0.05, 0.1) is 39.6 Å². The van der Waals surface area contributed by atoms with Crippen LogP contribution in [0.1, 0.15) is 55.4 Å². The third-order valence-electron chi connectivity index (χ3n) is 9.14. The van der Waals surface area contributed by atoms with E-state index in [2.05, 4.69) is 0 Å². The van der Waals surface area contributed by atoms with Crippen molar-refractivity contribution in [1.82, 2.24) is 0 Å². The summed E-state index contributed by atoms with van der Waals surface area (Å²) in [5.41, 5.74) is 0. The maximum atomic E-state index is 6.40. The summed E-state index contributed by atoms with van der Waals surface area (Å²) < 4.78 is 87.3. The lowest BCUT2D eigenvalue weighted by atomic mass is 9.97. The molecular weight excluding hydrogens is 608 g/mol. The molecule has 7 aliphatic rings. The number of hydrogen-bond acceptors (Lipinski definition) is 14. The van der Waals surface area contributed by atoms with Gasteiger partial charge in [-0.1, -0.05) is 12.2 Å². The second kappa shape index (κ2) is 12.5. The normalized spacial score (nSPS) is 47.8. The van der Waals surface area contributed by atoms with Crippen molar-refractivity contribution in [3.8, 4) is 0 Å². The number of ether oxygens (including phenoxy) is 14. The van der Waals surface area contributed by atoms with Gasteiger partial charge >= 0.3 is 0 Å². The largest absolute Gasteiger partial charge is 0.369 e. The molecule has 262 valence electrons. The van der Waals surface area contributed by atoms with Crippen molar-refractivity contribution in [3.05, 3.63) is 12.2 Å². The molecule has 0 aromatic rings. The van der Waals surface area contributed by atoms with E-state index in [4.69, 9.17) is 66.3 Å². The monoisotopic (exact) mass is 658 g/mol. The van der Waals surface area contributed by atoms with Crippen LogP contribution in [0.25, 0.3) is 0 Å². The van der Waals surface area contributed by atoms with Gasteiger partial charge in [-0.15, -0.1) is 0 Å². The van der Waals surface area contributed by atoms with E-state index in [1.807, 2.05) is 67.5 Å². The summed E-state index contributed by atoms with van der Waals surface area (Å²) >= 11 is 0. The first-order valence-corrected chi connectivity index (χ1v) is 16.4. The molecule has 6 fully saturated rings. The summed E-state index contributed by atoms with van der Waals surface area (Å²) in [7, 11) is 0. The smallest absolute Gasteiger partial charge is 0.187 e. The molecule has 14 heteroatoms. The topological polar surface area (TPSA) is 129 Å². The van der Waals surface area contributed by atoms with Crippen molar-refractivity contribution >= 4 is 0 Å². The second-order valence-corrected chi connectivity index (χ2v) is 14.7. The molecule has 7 heterocycles. The summed E-state index contributed by atoms with van der Waals surface area (Å²) in [4.78, 5) is 0. The fourth-order valence-electron chi connectivity index (χ4n) is 7.15. The van der Waals surface area contributed by atoms with Crippen LogP contribution in [-0.2, 0) is 66.3 Å². The third-order valence-corrected chi connectivity index (χ3v) is 9.14. The lowest BCUT2D eigenvalue weighted by molar-refractivity contribution is -0.374. The second-order valence-electron chi connectivity index (χ2n) is 14.7. The molecule has 0 bridgehead atoms. The Hall–Kier alpha value is -0.820. The predicted octanol–water partition coefficient (Wildman–Crippen LogP) is 2.15. The highest BCUT2D eigenvalue weighted by molar-refractivity contribution is 5.01. The van der Waals surface area contributed by atoms with E-state index >= 15 is 0 Å². The molecule has 0 amide bonds. The van der Waals surface area contributed by atoms with Crippen molar-refractivity contribution in [2.24, 2.45) is 0 Å². The zero-order chi connectivity index (χ0) is 32.5. The lowest BCUT2D eigenvalue weighted by Gasteiger charge is -2.48. The zero-order valence-electron chi connectivity index (χ0n) is 28.0. The summed E-state index contributed by atoms with van der Waals surface area (Å²) in [5.74, 6) is -3.18. The Bertz CT molecular complexity index is 1030. The van der Waals surface area contributed by atoms with Crippen LogP contribution in [0.5, 0.6) is 0 Å². The van der Waals surface area contributed by atoms with Crippen molar-refractivity contribution in [3.63, 3.8) is 0 Å². The maximum Gasteiger partial charge on any atom is 0.187 e. The van der Waals surface area contributed by atoms with Crippen LogP contribution in [0.2, 0.25) is 0 Å². The minimum absolute atomic E-state index is 0.149. The predicted molar refractivity (Wildman–Crippen MR) is 155 cm³/mol. The lowest BCUT2D eigenvalue weighted by Crippen LogP contribution is -2.64. The quantitative estimate of drug-likeness (QED) is 0.387. The van der Waals surface area contributed by atoms with Crippen LogP contribution in [0, 0.1) is 0 Å². The Morgan fingerprint density at radius 1 is 0.500 bits per heavy atom. The molecule has 0 spiro atoms. The molecule has 0 aromatic heterocycles. The molecule has 0 N–H and O–H groups in total. The fraction of sp³-hybridized carbons (Fsp3) is 0.938. The summed E-state index contributed by atoms with van der Waals surface area (Å²) in [6.45, 7) is 16.8. The van der Waals surface area contributed by atoms with Crippen molar-refractivity contribution in [1.29, 1.82) is 0 Å². The first-order chi connectivity index (χ1) is 21.7. The minimum Gasteiger partial charge on any atom is -0.369 e. The van der Waals surface area contributed by atoms with E-state index in [9.17, 15) is 0 Å². The van der Waals surface area contributed by atoms with Crippen LogP contribution in [0.15, 0.2) is 12.2 Å². The van der Waals surface area contributed by atoms with Crippen molar-refractivity contribution in [2.45, 2.75) is 152 Å². The average molecular weight is 659 g/mol. The van der Waals surface area contributed by atoms with Crippen LogP contribution in [0.3, 0.4) is 0 Å². The first kappa shape index (κ1) is 33.7. The van der Waals surface area contributed by atoms with Crippen LogP contribution < -0.4 is 0 Å². The highest BCUT2D eigenvalue weighted by Gasteiger charge is 2.60. The van der Waals surface area contributed by atoms with Gasteiger partial charge in [-0.25, -0.2) is 0 Å². The van der Waals surface area contributed by atoms with Gasteiger partial charge in [-0.3, -0.25) is 0 Å². The Morgan fingerprint density at radius 2 is 0.870 bits per heavy atom. The van der Waals surface area contributed by atoms with E-state index in [-0.39, 0.29) is 37.6 Å². The molecule has 0 radical (unpaired) electrons. The third kappa shape index (κ3) is 7.08. The van der Waals surface area contributed by atoms with E-state index < -0.39 is 72.4 Å². The minimum atomic E-state index is -0.830. The molecule has 7 rings (SSSR count). The molecule has 46 heavy (non-hydrogen) atoms. The number of fused-ring (bicyclic) bond motifs is 6. The highest BCUT2D eigenvalue weighted by Crippen LogP contribution is 2.44. The summed E-state index contributed by atoms with van der Waals surface area (Å²) in [5, 5.41) is 0. The standard InChI is InChI=1S/C32H50O14/c1-29(2)37-15-19-21(41-29)23-25(45-31(5,6)43-23)27(39-19)35-13-17-18(34-12-10-9-11-33-17)14-36-28-26-24(44-32(7,8)46-26)22-20(40-28)16-38-30(3,4)42-22/h9-10,17-28H,11-16H2,1-8H3/b10-9-/t17-,18-,19-,20-,21-,22-,23+,24+,25+,26+,27+,28+/m1/s1. The van der Waals surface area contributed by atoms with Crippen molar-refractivity contribution < 1.29 is 66.3 Å². The molecular formula is C32H50O14. The summed E-state index contributed by atoms with van der Waals surface area (Å²) in [6.07, 6.45) is -1.94. The van der Waals surface area contributed by atoms with Gasteiger partial charge < -0.3 is 66.3 Å². The van der Waals surface area contributed by atoms with Crippen LogP contribution in [0.4, 0.5) is 0 Å². The van der Waals surface area contributed by atoms with Gasteiger partial charge in [-0.2, -0.15) is 0 Å². The Kier molecular flexibility index (Phi) is 9.15. The molecule has 6 saturated heterocycles. The molecule has 0 saturated carbocycles. The van der Waals surface area contributed by atoms with E-state index in [1.54, 1.807) is 0 Å². The van der Waals surface area contributed by atoms with Crippen molar-refractivity contribution in [2.75, 3.05) is 39.6 Å². The van der Waals surface area contributed by atoms with Gasteiger partial charge in [0.2, 0.25) is 0 Å². The highest BCUT2D eigenvalue weighted by atomic mass is 16.8. The van der Waals surface area contributed by atoms with E-state index in [0.717, 1.165) is 0 Å². The van der Waals surface area contributed by atoms with Gasteiger partial charge in [0, 0.05) is 0 Å². The SMILES string of the molecule is CC1(C)O[C@@H]2[C@H](O1)[C@@H](OC[C@H]1OC/C=C\CO[C@@H]1CO[C@H]1O[C@@H]3COC(C)(C)O[C@H]3[C@@H]3OC(C)(C)O[C@H]13)O[C@@H]1COC(C)(C)O[C@@H]21. The molecule has 0 aliphatic carbocycles.